The van der Waals surface area contributed by atoms with Crippen LogP contribution in [0.1, 0.15) is 17.5 Å². The predicted molar refractivity (Wildman–Crippen MR) is 115 cm³/mol. The van der Waals surface area contributed by atoms with Crippen LogP contribution in [0.4, 0.5) is 0 Å². The summed E-state index contributed by atoms with van der Waals surface area (Å²) in [7, 11) is 0.891. The molecular weight excluding hydrogens is 420 g/mol. The van der Waals surface area contributed by atoms with Gasteiger partial charge in [0.05, 0.1) is 19.9 Å². The molecule has 0 aliphatic rings. The molecule has 164 valence electrons. The van der Waals surface area contributed by atoms with Crippen LogP contribution in [0, 0.1) is 0 Å². The number of benzene rings is 2. The van der Waals surface area contributed by atoms with Crippen molar-refractivity contribution in [2.45, 2.75) is 12.6 Å². The first-order valence-corrected chi connectivity index (χ1v) is 11.3. The van der Waals surface area contributed by atoms with Gasteiger partial charge in [-0.05, 0) is 17.7 Å². The summed E-state index contributed by atoms with van der Waals surface area (Å²) in [5.41, 5.74) is 1.28. The van der Waals surface area contributed by atoms with Crippen molar-refractivity contribution >= 4 is 15.9 Å². The van der Waals surface area contributed by atoms with Crippen LogP contribution in [0.15, 0.2) is 59.1 Å². The lowest BCUT2D eigenvalue weighted by molar-refractivity contribution is -0.134. The molecule has 1 aromatic heterocycles. The highest BCUT2D eigenvalue weighted by molar-refractivity contribution is 7.88. The van der Waals surface area contributed by atoms with Gasteiger partial charge in [0.2, 0.25) is 27.6 Å². The third-order valence-electron chi connectivity index (χ3n) is 4.78. The summed E-state index contributed by atoms with van der Waals surface area (Å²) in [6.45, 7) is 0.0245. The van der Waals surface area contributed by atoms with Gasteiger partial charge in [0.25, 0.3) is 0 Å². The molecule has 31 heavy (non-hydrogen) atoms. The molecule has 0 N–H and O–H groups in total. The second-order valence-electron chi connectivity index (χ2n) is 7.03. The molecule has 1 heterocycles. The highest BCUT2D eigenvalue weighted by atomic mass is 32.2. The predicted octanol–water partition coefficient (Wildman–Crippen LogP) is 2.34. The first-order chi connectivity index (χ1) is 14.7. The van der Waals surface area contributed by atoms with Crippen molar-refractivity contribution in [2.24, 2.45) is 0 Å². The van der Waals surface area contributed by atoms with Crippen molar-refractivity contribution in [2.75, 3.05) is 27.5 Å². The number of carbonyl (C=O) groups excluding carboxylic acids is 1. The van der Waals surface area contributed by atoms with Gasteiger partial charge in [-0.1, -0.05) is 47.6 Å². The summed E-state index contributed by atoms with van der Waals surface area (Å²) in [4.78, 5) is 18.9. The molecule has 9 nitrogen and oxygen atoms in total. The minimum atomic E-state index is -3.62. The van der Waals surface area contributed by atoms with E-state index in [0.717, 1.165) is 10.6 Å². The maximum Gasteiger partial charge on any atom is 0.246 e. The molecule has 0 radical (unpaired) electrons. The number of sulfonamides is 1. The molecule has 0 aliphatic carbocycles. The Bertz CT molecular complexity index is 1150. The van der Waals surface area contributed by atoms with Crippen LogP contribution in [-0.2, 0) is 21.4 Å². The fourth-order valence-electron chi connectivity index (χ4n) is 3.02. The summed E-state index contributed by atoms with van der Waals surface area (Å²) in [6, 6.07) is 14.9. The minimum absolute atomic E-state index is 0.0245. The van der Waals surface area contributed by atoms with E-state index in [1.165, 1.54) is 11.9 Å². The van der Waals surface area contributed by atoms with Gasteiger partial charge in [0, 0.05) is 19.7 Å². The van der Waals surface area contributed by atoms with E-state index >= 15 is 0 Å². The maximum atomic E-state index is 13.2. The first-order valence-electron chi connectivity index (χ1n) is 9.40. The van der Waals surface area contributed by atoms with Crippen molar-refractivity contribution in [1.29, 1.82) is 0 Å². The molecule has 3 aromatic rings. The third-order valence-corrected chi connectivity index (χ3v) is 6.04. The van der Waals surface area contributed by atoms with Gasteiger partial charge in [-0.25, -0.2) is 8.42 Å². The van der Waals surface area contributed by atoms with Crippen molar-refractivity contribution in [3.05, 3.63) is 66.1 Å². The lowest BCUT2D eigenvalue weighted by Gasteiger charge is -2.29. The molecule has 0 bridgehead atoms. The van der Waals surface area contributed by atoms with E-state index < -0.39 is 22.0 Å². The van der Waals surface area contributed by atoms with E-state index in [1.54, 1.807) is 56.6 Å². The van der Waals surface area contributed by atoms with E-state index in [-0.39, 0.29) is 12.4 Å². The van der Waals surface area contributed by atoms with Crippen LogP contribution in [0.25, 0.3) is 11.4 Å². The van der Waals surface area contributed by atoms with Gasteiger partial charge in [0.1, 0.15) is 11.8 Å². The standard InChI is InChI=1S/C21H24N4O5S/c1-24(14-18-22-20(23-30-18)16-11-8-12-17(13-16)29-3)21(26)19(25(2)31(4,27)28)15-9-6-5-7-10-15/h5-13,19H,14H2,1-4H3/t19-/m1/s1. The highest BCUT2D eigenvalue weighted by Crippen LogP contribution is 2.25. The van der Waals surface area contributed by atoms with Crippen molar-refractivity contribution < 1.29 is 22.5 Å². The summed E-state index contributed by atoms with van der Waals surface area (Å²) < 4.78 is 35.9. The van der Waals surface area contributed by atoms with E-state index in [0.29, 0.717) is 22.7 Å². The Kier molecular flexibility index (Phi) is 6.71. The van der Waals surface area contributed by atoms with E-state index in [9.17, 15) is 13.2 Å². The second-order valence-corrected chi connectivity index (χ2v) is 9.07. The molecule has 0 saturated carbocycles. The molecule has 0 fully saturated rings. The molecule has 0 saturated heterocycles. The van der Waals surface area contributed by atoms with E-state index in [2.05, 4.69) is 10.1 Å². The van der Waals surface area contributed by atoms with Gasteiger partial charge in [-0.15, -0.1) is 0 Å². The fraction of sp³-hybridized carbons (Fsp3) is 0.286. The largest absolute Gasteiger partial charge is 0.497 e. The van der Waals surface area contributed by atoms with Crippen LogP contribution < -0.4 is 4.74 Å². The van der Waals surface area contributed by atoms with Gasteiger partial charge in [-0.2, -0.15) is 9.29 Å². The van der Waals surface area contributed by atoms with Gasteiger partial charge >= 0.3 is 0 Å². The highest BCUT2D eigenvalue weighted by Gasteiger charge is 2.33. The van der Waals surface area contributed by atoms with E-state index in [1.807, 2.05) is 12.1 Å². The van der Waals surface area contributed by atoms with Gasteiger partial charge in [-0.3, -0.25) is 4.79 Å². The number of hydrogen-bond donors (Lipinski definition) is 0. The van der Waals surface area contributed by atoms with Gasteiger partial charge in [0.15, 0.2) is 0 Å². The van der Waals surface area contributed by atoms with Crippen molar-refractivity contribution in [3.8, 4) is 17.1 Å². The average Bonchev–Trinajstić information content (AvgIpc) is 3.22. The van der Waals surface area contributed by atoms with Crippen LogP contribution >= 0.6 is 0 Å². The number of carbonyl (C=O) groups is 1. The molecule has 3 rings (SSSR count). The van der Waals surface area contributed by atoms with Crippen LogP contribution in [-0.4, -0.2) is 61.1 Å². The smallest absolute Gasteiger partial charge is 0.246 e. The Balaban J connectivity index is 1.82. The zero-order chi connectivity index (χ0) is 22.6. The Morgan fingerprint density at radius 3 is 2.48 bits per heavy atom. The topological polar surface area (TPSA) is 106 Å². The minimum Gasteiger partial charge on any atom is -0.497 e. The number of ether oxygens (including phenoxy) is 1. The molecule has 2 aromatic carbocycles. The summed E-state index contributed by atoms with van der Waals surface area (Å²) in [5, 5.41) is 3.97. The first kappa shape index (κ1) is 22.4. The summed E-state index contributed by atoms with van der Waals surface area (Å²) >= 11 is 0. The Hall–Kier alpha value is -3.24. The number of rotatable bonds is 8. The number of methoxy groups -OCH3 is 1. The van der Waals surface area contributed by atoms with Crippen LogP contribution in [0.2, 0.25) is 0 Å². The molecule has 10 heteroatoms. The summed E-state index contributed by atoms with van der Waals surface area (Å²) in [6.07, 6.45) is 1.06. The number of aromatic nitrogens is 2. The zero-order valence-electron chi connectivity index (χ0n) is 17.7. The van der Waals surface area contributed by atoms with E-state index in [4.69, 9.17) is 9.26 Å². The monoisotopic (exact) mass is 444 g/mol. The number of nitrogens with zero attached hydrogens (tertiary/aromatic N) is 4. The number of likely N-dealkylation sites (N-methyl/N-ethyl adjacent to an activating group) is 2. The molecule has 0 aliphatic heterocycles. The molecule has 0 spiro atoms. The van der Waals surface area contributed by atoms with Gasteiger partial charge < -0.3 is 14.2 Å². The maximum absolute atomic E-state index is 13.2. The Morgan fingerprint density at radius 1 is 1.13 bits per heavy atom. The lowest BCUT2D eigenvalue weighted by Crippen LogP contribution is -2.41. The molecule has 1 atom stereocenters. The van der Waals surface area contributed by atoms with Crippen molar-refractivity contribution in [1.82, 2.24) is 19.3 Å². The zero-order valence-corrected chi connectivity index (χ0v) is 18.5. The SMILES string of the molecule is COc1cccc(-c2noc(CN(C)C(=O)[C@@H](c3ccccc3)N(C)S(C)(=O)=O)n2)c1. The molecule has 1 amide bonds. The third kappa shape index (κ3) is 5.28. The Morgan fingerprint density at radius 2 is 1.84 bits per heavy atom. The Labute approximate surface area is 181 Å². The van der Waals surface area contributed by atoms with Crippen LogP contribution in [0.5, 0.6) is 5.75 Å². The lowest BCUT2D eigenvalue weighted by atomic mass is 10.1. The summed E-state index contributed by atoms with van der Waals surface area (Å²) in [5.74, 6) is 0.830. The fourth-order valence-corrected chi connectivity index (χ4v) is 3.62. The average molecular weight is 445 g/mol. The van der Waals surface area contributed by atoms with Crippen molar-refractivity contribution in [3.63, 3.8) is 0 Å². The number of hydrogen-bond acceptors (Lipinski definition) is 7. The molecular formula is C21H24N4O5S. The second kappa shape index (κ2) is 9.27. The van der Waals surface area contributed by atoms with Crippen LogP contribution in [0.3, 0.4) is 0 Å². The quantitative estimate of drug-likeness (QED) is 0.525. The normalized spacial score (nSPS) is 12.5. The molecule has 0 unspecified atom stereocenters. The number of amides is 1.